The fourth-order valence-electron chi connectivity index (χ4n) is 4.16. The first-order chi connectivity index (χ1) is 12.2. The zero-order valence-electron chi connectivity index (χ0n) is 15.1. The van der Waals surface area contributed by atoms with Crippen LogP contribution in [0, 0.1) is 5.92 Å². The van der Waals surface area contributed by atoms with Gasteiger partial charge < -0.3 is 15.1 Å². The second-order valence-corrected chi connectivity index (χ2v) is 7.99. The summed E-state index contributed by atoms with van der Waals surface area (Å²) in [6.45, 7) is 2.69. The monoisotopic (exact) mass is 380 g/mol. The van der Waals surface area contributed by atoms with Crippen LogP contribution in [0.25, 0.3) is 0 Å². The number of piperidine rings is 1. The van der Waals surface area contributed by atoms with Crippen molar-refractivity contribution in [2.45, 2.75) is 43.9 Å². The molecule has 2 aliphatic rings. The van der Waals surface area contributed by atoms with Gasteiger partial charge in [-0.2, -0.15) is 0 Å². The second-order valence-electron chi connectivity index (χ2n) is 7.55. The highest BCUT2D eigenvalue weighted by Crippen LogP contribution is 2.46. The highest BCUT2D eigenvalue weighted by molar-refractivity contribution is 6.30. The van der Waals surface area contributed by atoms with Crippen LogP contribution in [0.4, 0.5) is 0 Å². The number of carbonyl (C=O) groups is 2. The van der Waals surface area contributed by atoms with Crippen molar-refractivity contribution in [3.63, 3.8) is 0 Å². The number of aliphatic hydroxyl groups excluding tert-OH is 1. The molecular formula is C19H25ClN2O4. The first kappa shape index (κ1) is 19.1. The number of nitrogens with zero attached hydrogens (tertiary/aromatic N) is 2. The number of hydrogen-bond acceptors (Lipinski definition) is 4. The highest BCUT2D eigenvalue weighted by Gasteiger charge is 2.55. The maximum absolute atomic E-state index is 13.2. The Kier molecular flexibility index (Phi) is 5.28. The third kappa shape index (κ3) is 3.33. The van der Waals surface area contributed by atoms with Gasteiger partial charge in [0.2, 0.25) is 5.91 Å². The molecule has 6 nitrogen and oxygen atoms in total. The number of carboxylic acids is 1. The number of aliphatic carboxylic acids is 1. The first-order valence-electron chi connectivity index (χ1n) is 8.92. The minimum Gasteiger partial charge on any atom is -0.480 e. The number of carboxylic acid groups (broad SMARTS) is 1. The number of hydrogen-bond donors (Lipinski definition) is 2. The van der Waals surface area contributed by atoms with Crippen molar-refractivity contribution in [2.75, 3.05) is 20.1 Å². The van der Waals surface area contributed by atoms with Crippen molar-refractivity contribution in [3.05, 3.63) is 34.9 Å². The molecule has 3 rings (SSSR count). The lowest BCUT2D eigenvalue weighted by atomic mass is 9.88. The zero-order chi connectivity index (χ0) is 19.1. The van der Waals surface area contributed by atoms with Crippen molar-refractivity contribution >= 4 is 23.5 Å². The smallest absolute Gasteiger partial charge is 0.323 e. The van der Waals surface area contributed by atoms with E-state index in [9.17, 15) is 19.8 Å². The summed E-state index contributed by atoms with van der Waals surface area (Å²) in [6.07, 6.45) is 1.03. The van der Waals surface area contributed by atoms with Gasteiger partial charge in [0.1, 0.15) is 5.54 Å². The predicted octanol–water partition coefficient (Wildman–Crippen LogP) is 2.16. The Labute approximate surface area is 158 Å². The molecule has 0 aliphatic carbocycles. The fourth-order valence-corrected chi connectivity index (χ4v) is 4.28. The van der Waals surface area contributed by atoms with E-state index in [2.05, 4.69) is 0 Å². The minimum absolute atomic E-state index is 0.0336. The van der Waals surface area contributed by atoms with E-state index in [1.807, 2.05) is 12.1 Å². The van der Waals surface area contributed by atoms with Crippen LogP contribution >= 0.6 is 11.6 Å². The largest absolute Gasteiger partial charge is 0.480 e. The predicted molar refractivity (Wildman–Crippen MR) is 97.9 cm³/mol. The van der Waals surface area contributed by atoms with Gasteiger partial charge in [-0.15, -0.1) is 0 Å². The SMILES string of the molecule is CN1[C@H](c2ccc(Cl)cc2)[C@H](C(=O)N2CCC(O)CC2)C[C@]1(C)C(=O)O. The van der Waals surface area contributed by atoms with Crippen LogP contribution in [0.1, 0.15) is 37.8 Å². The molecule has 0 bridgehead atoms. The molecule has 0 saturated carbocycles. The van der Waals surface area contributed by atoms with Gasteiger partial charge in [0, 0.05) is 24.2 Å². The lowest BCUT2D eigenvalue weighted by Crippen LogP contribution is -2.46. The van der Waals surface area contributed by atoms with E-state index < -0.39 is 17.4 Å². The Hall–Kier alpha value is -1.63. The van der Waals surface area contributed by atoms with Gasteiger partial charge in [-0.1, -0.05) is 23.7 Å². The summed E-state index contributed by atoms with van der Waals surface area (Å²) in [4.78, 5) is 28.7. The third-order valence-electron chi connectivity index (χ3n) is 5.96. The van der Waals surface area contributed by atoms with Gasteiger partial charge in [0.15, 0.2) is 0 Å². The summed E-state index contributed by atoms with van der Waals surface area (Å²) in [7, 11) is 1.76. The van der Waals surface area contributed by atoms with Crippen LogP contribution < -0.4 is 0 Å². The Bertz CT molecular complexity index is 687. The van der Waals surface area contributed by atoms with E-state index in [0.29, 0.717) is 31.0 Å². The topological polar surface area (TPSA) is 81.1 Å². The van der Waals surface area contributed by atoms with E-state index in [1.54, 1.807) is 35.9 Å². The minimum atomic E-state index is -1.11. The molecular weight excluding hydrogens is 356 g/mol. The van der Waals surface area contributed by atoms with Gasteiger partial charge in [-0.05, 0) is 50.9 Å². The molecule has 1 aromatic rings. The standard InChI is InChI=1S/C19H25ClN2O4/c1-19(18(25)26)11-15(17(24)22-9-7-14(23)8-10-22)16(21(19)2)12-3-5-13(20)6-4-12/h3-6,14-16,23H,7-11H2,1-2H3,(H,25,26)/t15-,16-,19-/m1/s1. The van der Waals surface area contributed by atoms with E-state index in [4.69, 9.17) is 11.6 Å². The molecule has 26 heavy (non-hydrogen) atoms. The van der Waals surface area contributed by atoms with Crippen molar-refractivity contribution < 1.29 is 19.8 Å². The summed E-state index contributed by atoms with van der Waals surface area (Å²) in [6, 6.07) is 6.92. The van der Waals surface area contributed by atoms with Crippen LogP contribution in [0.15, 0.2) is 24.3 Å². The number of halogens is 1. The zero-order valence-corrected chi connectivity index (χ0v) is 15.8. The summed E-state index contributed by atoms with van der Waals surface area (Å²) in [5, 5.41) is 20.1. The molecule has 2 saturated heterocycles. The quantitative estimate of drug-likeness (QED) is 0.839. The first-order valence-corrected chi connectivity index (χ1v) is 9.30. The summed E-state index contributed by atoms with van der Waals surface area (Å²) in [5.74, 6) is -1.41. The average Bonchev–Trinajstić information content (AvgIpc) is 2.89. The third-order valence-corrected chi connectivity index (χ3v) is 6.21. The van der Waals surface area contributed by atoms with Gasteiger partial charge in [0.25, 0.3) is 0 Å². The molecule has 0 radical (unpaired) electrons. The number of likely N-dealkylation sites (tertiary alicyclic amines) is 2. The number of amides is 1. The van der Waals surface area contributed by atoms with Gasteiger partial charge in [0.05, 0.1) is 12.0 Å². The van der Waals surface area contributed by atoms with Crippen molar-refractivity contribution in [3.8, 4) is 0 Å². The lowest BCUT2D eigenvalue weighted by molar-refractivity contribution is -0.148. The number of benzene rings is 1. The van der Waals surface area contributed by atoms with Crippen LogP contribution in [-0.4, -0.2) is 63.7 Å². The van der Waals surface area contributed by atoms with Crippen LogP contribution in [0.5, 0.6) is 0 Å². The molecule has 2 heterocycles. The normalized spacial score (nSPS) is 30.5. The molecule has 1 amide bonds. The Balaban J connectivity index is 1.93. The molecule has 2 fully saturated rings. The van der Waals surface area contributed by atoms with E-state index in [0.717, 1.165) is 5.56 Å². The van der Waals surface area contributed by atoms with Crippen molar-refractivity contribution in [1.82, 2.24) is 9.80 Å². The maximum atomic E-state index is 13.2. The fraction of sp³-hybridized carbons (Fsp3) is 0.579. The highest BCUT2D eigenvalue weighted by atomic mass is 35.5. The Morgan fingerprint density at radius 2 is 1.77 bits per heavy atom. The molecule has 0 unspecified atom stereocenters. The summed E-state index contributed by atoms with van der Waals surface area (Å²) >= 11 is 5.99. The molecule has 2 aliphatic heterocycles. The summed E-state index contributed by atoms with van der Waals surface area (Å²) < 4.78 is 0. The Morgan fingerprint density at radius 1 is 1.19 bits per heavy atom. The van der Waals surface area contributed by atoms with E-state index in [1.165, 1.54) is 0 Å². The van der Waals surface area contributed by atoms with Crippen LogP contribution in [0.2, 0.25) is 5.02 Å². The molecule has 142 valence electrons. The maximum Gasteiger partial charge on any atom is 0.323 e. The number of rotatable bonds is 3. The molecule has 0 aromatic heterocycles. The van der Waals surface area contributed by atoms with Crippen LogP contribution in [-0.2, 0) is 9.59 Å². The Morgan fingerprint density at radius 3 is 2.31 bits per heavy atom. The van der Waals surface area contributed by atoms with E-state index in [-0.39, 0.29) is 24.5 Å². The molecule has 7 heteroatoms. The van der Waals surface area contributed by atoms with Gasteiger partial charge >= 0.3 is 5.97 Å². The van der Waals surface area contributed by atoms with Gasteiger partial charge in [-0.3, -0.25) is 14.5 Å². The van der Waals surface area contributed by atoms with Crippen molar-refractivity contribution in [2.24, 2.45) is 5.92 Å². The number of carbonyl (C=O) groups excluding carboxylic acids is 1. The number of aliphatic hydroxyl groups is 1. The molecule has 3 atom stereocenters. The second kappa shape index (κ2) is 7.18. The van der Waals surface area contributed by atoms with E-state index >= 15 is 0 Å². The lowest BCUT2D eigenvalue weighted by Gasteiger charge is -2.34. The number of likely N-dealkylation sites (N-methyl/N-ethyl adjacent to an activating group) is 1. The molecule has 1 aromatic carbocycles. The average molecular weight is 381 g/mol. The van der Waals surface area contributed by atoms with Gasteiger partial charge in [-0.25, -0.2) is 0 Å². The summed E-state index contributed by atoms with van der Waals surface area (Å²) in [5.41, 5.74) is -0.225. The molecule has 2 N–H and O–H groups in total. The molecule has 0 spiro atoms. The van der Waals surface area contributed by atoms with Crippen molar-refractivity contribution in [1.29, 1.82) is 0 Å². The van der Waals surface area contributed by atoms with Crippen LogP contribution in [0.3, 0.4) is 0 Å².